The molecule has 0 unspecified atom stereocenters. The van der Waals surface area contributed by atoms with E-state index in [4.69, 9.17) is 4.42 Å². The fourth-order valence-electron chi connectivity index (χ4n) is 2.94. The van der Waals surface area contributed by atoms with E-state index in [-0.39, 0.29) is 10.6 Å². The second kappa shape index (κ2) is 6.65. The standard InChI is InChI=1S/C21H16O3S/c22-18-17-11-10-15-8-4-5-9-16(15)19(17)24-21(23)20(18)25-13-12-14-6-2-1-3-7-14/h1-11,22H,12-13H2. The van der Waals surface area contributed by atoms with E-state index in [1.165, 1.54) is 17.3 Å². The van der Waals surface area contributed by atoms with Crippen LogP contribution in [0.15, 0.2) is 80.8 Å². The third kappa shape index (κ3) is 3.01. The molecular formula is C21H16O3S. The van der Waals surface area contributed by atoms with Gasteiger partial charge in [0.15, 0.2) is 0 Å². The van der Waals surface area contributed by atoms with E-state index in [0.29, 0.717) is 16.7 Å². The van der Waals surface area contributed by atoms with Crippen molar-refractivity contribution in [3.63, 3.8) is 0 Å². The Balaban J connectivity index is 1.70. The molecular weight excluding hydrogens is 332 g/mol. The van der Waals surface area contributed by atoms with Crippen molar-refractivity contribution in [3.05, 3.63) is 82.7 Å². The van der Waals surface area contributed by atoms with Crippen molar-refractivity contribution >= 4 is 33.5 Å². The Hall–Kier alpha value is -2.72. The number of hydrogen-bond donors (Lipinski definition) is 1. The maximum atomic E-state index is 12.4. The molecule has 124 valence electrons. The number of fused-ring (bicyclic) bond motifs is 3. The van der Waals surface area contributed by atoms with Gasteiger partial charge in [0.1, 0.15) is 16.2 Å². The van der Waals surface area contributed by atoms with Crippen LogP contribution in [-0.4, -0.2) is 10.9 Å². The average Bonchev–Trinajstić information content (AvgIpc) is 2.65. The summed E-state index contributed by atoms with van der Waals surface area (Å²) in [6, 6.07) is 21.5. The van der Waals surface area contributed by atoms with E-state index in [1.54, 1.807) is 6.07 Å². The fourth-order valence-corrected chi connectivity index (χ4v) is 3.89. The summed E-state index contributed by atoms with van der Waals surface area (Å²) in [7, 11) is 0. The maximum Gasteiger partial charge on any atom is 0.353 e. The number of aromatic hydroxyl groups is 1. The van der Waals surface area contributed by atoms with Crippen LogP contribution in [0.4, 0.5) is 0 Å². The van der Waals surface area contributed by atoms with Crippen LogP contribution in [0.25, 0.3) is 21.7 Å². The first kappa shape index (κ1) is 15.8. The number of hydrogen-bond acceptors (Lipinski definition) is 4. The van der Waals surface area contributed by atoms with Crippen LogP contribution in [-0.2, 0) is 6.42 Å². The molecule has 4 aromatic rings. The minimum atomic E-state index is -0.487. The van der Waals surface area contributed by atoms with Gasteiger partial charge in [-0.25, -0.2) is 4.79 Å². The molecule has 3 aromatic carbocycles. The van der Waals surface area contributed by atoms with E-state index in [1.807, 2.05) is 48.5 Å². The quantitative estimate of drug-likeness (QED) is 0.321. The number of thioether (sulfide) groups is 1. The van der Waals surface area contributed by atoms with Gasteiger partial charge in [0.2, 0.25) is 0 Å². The molecule has 0 aliphatic heterocycles. The molecule has 0 spiro atoms. The van der Waals surface area contributed by atoms with E-state index in [2.05, 4.69) is 12.1 Å². The fraction of sp³-hybridized carbons (Fsp3) is 0.0952. The molecule has 3 nitrogen and oxygen atoms in total. The molecule has 0 aliphatic rings. The number of benzene rings is 3. The Morgan fingerprint density at radius 2 is 1.64 bits per heavy atom. The topological polar surface area (TPSA) is 50.4 Å². The summed E-state index contributed by atoms with van der Waals surface area (Å²) in [6.45, 7) is 0. The summed E-state index contributed by atoms with van der Waals surface area (Å²) in [5.74, 6) is 0.705. The van der Waals surface area contributed by atoms with Crippen molar-refractivity contribution in [2.75, 3.05) is 5.75 Å². The van der Waals surface area contributed by atoms with Crippen molar-refractivity contribution in [1.29, 1.82) is 0 Å². The molecule has 0 atom stereocenters. The van der Waals surface area contributed by atoms with Gasteiger partial charge in [0.05, 0.1) is 5.39 Å². The number of rotatable bonds is 4. The van der Waals surface area contributed by atoms with Crippen LogP contribution in [0.2, 0.25) is 0 Å². The lowest BCUT2D eigenvalue weighted by atomic mass is 10.1. The van der Waals surface area contributed by atoms with Crippen molar-refractivity contribution in [2.24, 2.45) is 0 Å². The van der Waals surface area contributed by atoms with Crippen molar-refractivity contribution in [1.82, 2.24) is 0 Å². The molecule has 0 saturated heterocycles. The summed E-state index contributed by atoms with van der Waals surface area (Å²) in [4.78, 5) is 12.7. The van der Waals surface area contributed by atoms with E-state index in [9.17, 15) is 9.90 Å². The van der Waals surface area contributed by atoms with Gasteiger partial charge in [-0.2, -0.15) is 0 Å². The third-order valence-corrected chi connectivity index (χ3v) is 5.27. The van der Waals surface area contributed by atoms with Gasteiger partial charge < -0.3 is 9.52 Å². The smallest absolute Gasteiger partial charge is 0.353 e. The van der Waals surface area contributed by atoms with E-state index < -0.39 is 5.63 Å². The van der Waals surface area contributed by atoms with Gasteiger partial charge in [-0.1, -0.05) is 60.7 Å². The van der Waals surface area contributed by atoms with Gasteiger partial charge in [0.25, 0.3) is 0 Å². The van der Waals surface area contributed by atoms with Crippen molar-refractivity contribution in [2.45, 2.75) is 11.3 Å². The zero-order valence-electron chi connectivity index (χ0n) is 13.4. The zero-order chi connectivity index (χ0) is 17.2. The van der Waals surface area contributed by atoms with Crippen LogP contribution in [0.5, 0.6) is 5.75 Å². The average molecular weight is 348 g/mol. The Bertz CT molecular complexity index is 1100. The molecule has 1 heterocycles. The van der Waals surface area contributed by atoms with Gasteiger partial charge in [0, 0.05) is 11.1 Å². The minimum Gasteiger partial charge on any atom is -0.506 e. The van der Waals surface area contributed by atoms with Crippen molar-refractivity contribution < 1.29 is 9.52 Å². The summed E-state index contributed by atoms with van der Waals surface area (Å²) in [6.07, 6.45) is 0.820. The molecule has 25 heavy (non-hydrogen) atoms. The highest BCUT2D eigenvalue weighted by Crippen LogP contribution is 2.35. The second-order valence-corrected chi connectivity index (χ2v) is 6.92. The molecule has 0 radical (unpaired) electrons. The molecule has 0 fully saturated rings. The third-order valence-electron chi connectivity index (χ3n) is 4.21. The minimum absolute atomic E-state index is 0.00932. The van der Waals surface area contributed by atoms with Gasteiger partial charge >= 0.3 is 5.63 Å². The Labute approximate surface area is 148 Å². The van der Waals surface area contributed by atoms with Gasteiger partial charge in [-0.3, -0.25) is 0 Å². The molecule has 0 amide bonds. The predicted molar refractivity (Wildman–Crippen MR) is 103 cm³/mol. The maximum absolute atomic E-state index is 12.4. The Morgan fingerprint density at radius 3 is 2.48 bits per heavy atom. The lowest BCUT2D eigenvalue weighted by Crippen LogP contribution is -2.04. The van der Waals surface area contributed by atoms with Crippen LogP contribution < -0.4 is 5.63 Å². The molecule has 4 rings (SSSR count). The summed E-state index contributed by atoms with van der Waals surface area (Å²) >= 11 is 1.33. The molecule has 0 bridgehead atoms. The molecule has 1 N–H and O–H groups in total. The van der Waals surface area contributed by atoms with Gasteiger partial charge in [-0.05, 0) is 23.4 Å². The molecule has 4 heteroatoms. The van der Waals surface area contributed by atoms with Crippen LogP contribution in [0.3, 0.4) is 0 Å². The highest BCUT2D eigenvalue weighted by atomic mass is 32.2. The molecule has 0 aliphatic carbocycles. The first-order valence-electron chi connectivity index (χ1n) is 8.08. The highest BCUT2D eigenvalue weighted by molar-refractivity contribution is 7.99. The Morgan fingerprint density at radius 1 is 0.880 bits per heavy atom. The summed E-state index contributed by atoms with van der Waals surface area (Å²) in [5.41, 5.74) is 1.15. The highest BCUT2D eigenvalue weighted by Gasteiger charge is 2.16. The predicted octanol–water partition coefficient (Wildman–Crippen LogP) is 4.99. The molecule has 0 saturated carbocycles. The monoisotopic (exact) mass is 348 g/mol. The van der Waals surface area contributed by atoms with E-state index in [0.717, 1.165) is 17.2 Å². The number of aryl methyl sites for hydroxylation is 1. The van der Waals surface area contributed by atoms with Crippen LogP contribution in [0.1, 0.15) is 5.56 Å². The summed E-state index contributed by atoms with van der Waals surface area (Å²) in [5, 5.41) is 13.0. The molecule has 1 aromatic heterocycles. The van der Waals surface area contributed by atoms with Crippen LogP contribution in [0, 0.1) is 0 Å². The Kier molecular flexibility index (Phi) is 4.20. The van der Waals surface area contributed by atoms with Crippen molar-refractivity contribution in [3.8, 4) is 5.75 Å². The lowest BCUT2D eigenvalue weighted by Gasteiger charge is -2.08. The largest absolute Gasteiger partial charge is 0.506 e. The summed E-state index contributed by atoms with van der Waals surface area (Å²) < 4.78 is 5.55. The normalized spacial score (nSPS) is 11.2. The van der Waals surface area contributed by atoms with Crippen LogP contribution >= 0.6 is 11.8 Å². The first-order chi connectivity index (χ1) is 12.2. The first-order valence-corrected chi connectivity index (χ1v) is 9.07. The lowest BCUT2D eigenvalue weighted by molar-refractivity contribution is 0.448. The SMILES string of the molecule is O=c1oc2c(ccc3ccccc32)c(O)c1SCCc1ccccc1. The van der Waals surface area contributed by atoms with Gasteiger partial charge in [-0.15, -0.1) is 11.8 Å². The second-order valence-electron chi connectivity index (χ2n) is 5.81. The zero-order valence-corrected chi connectivity index (χ0v) is 14.3. The van der Waals surface area contributed by atoms with E-state index >= 15 is 0 Å².